The van der Waals surface area contributed by atoms with Gasteiger partial charge in [0.05, 0.1) is 23.5 Å². The van der Waals surface area contributed by atoms with Crippen LogP contribution >= 0.6 is 11.3 Å². The molecule has 7 nitrogen and oxygen atoms in total. The summed E-state index contributed by atoms with van der Waals surface area (Å²) < 4.78 is 3.69. The van der Waals surface area contributed by atoms with E-state index in [9.17, 15) is 9.59 Å². The lowest BCUT2D eigenvalue weighted by Gasteiger charge is -2.24. The van der Waals surface area contributed by atoms with Crippen molar-refractivity contribution < 1.29 is 4.79 Å². The first-order valence-corrected chi connectivity index (χ1v) is 10.9. The van der Waals surface area contributed by atoms with Crippen molar-refractivity contribution in [2.45, 2.75) is 54.1 Å². The van der Waals surface area contributed by atoms with Crippen molar-refractivity contribution in [3.05, 3.63) is 44.1 Å². The second kappa shape index (κ2) is 7.40. The van der Waals surface area contributed by atoms with Crippen LogP contribution in [-0.2, 0) is 24.3 Å². The molecule has 3 aromatic rings. The topological polar surface area (TPSA) is 73.0 Å². The van der Waals surface area contributed by atoms with Crippen LogP contribution in [0.2, 0.25) is 0 Å². The van der Waals surface area contributed by atoms with Gasteiger partial charge in [-0.15, -0.1) is 11.3 Å². The van der Waals surface area contributed by atoms with Crippen LogP contribution in [0.25, 0.3) is 10.2 Å². The average Bonchev–Trinajstić information content (AvgIpc) is 3.06. The highest BCUT2D eigenvalue weighted by Crippen LogP contribution is 2.22. The van der Waals surface area contributed by atoms with E-state index >= 15 is 0 Å². The Labute approximate surface area is 174 Å². The van der Waals surface area contributed by atoms with E-state index in [4.69, 9.17) is 4.98 Å². The summed E-state index contributed by atoms with van der Waals surface area (Å²) >= 11 is 1.51. The number of aromatic nitrogens is 4. The van der Waals surface area contributed by atoms with Gasteiger partial charge in [0.2, 0.25) is 5.91 Å². The number of hydrogen-bond donors (Lipinski definition) is 0. The summed E-state index contributed by atoms with van der Waals surface area (Å²) in [5.74, 6) is 0.708. The molecule has 0 fully saturated rings. The molecule has 1 amide bonds. The maximum atomic E-state index is 13.1. The third-order valence-electron chi connectivity index (χ3n) is 6.08. The van der Waals surface area contributed by atoms with Crippen molar-refractivity contribution in [1.29, 1.82) is 0 Å². The second-order valence-electron chi connectivity index (χ2n) is 8.04. The first-order valence-electron chi connectivity index (χ1n) is 10.0. The van der Waals surface area contributed by atoms with Crippen molar-refractivity contribution in [3.63, 3.8) is 0 Å². The first kappa shape index (κ1) is 19.8. The van der Waals surface area contributed by atoms with E-state index < -0.39 is 0 Å². The largest absolute Gasteiger partial charge is 0.340 e. The predicted molar refractivity (Wildman–Crippen MR) is 115 cm³/mol. The first-order chi connectivity index (χ1) is 13.8. The summed E-state index contributed by atoms with van der Waals surface area (Å²) in [5, 5.41) is 7.26. The number of carbonyl (C=O) groups excluding carboxylic acids is 1. The van der Waals surface area contributed by atoms with Crippen LogP contribution in [0.1, 0.15) is 35.3 Å². The fourth-order valence-corrected chi connectivity index (χ4v) is 4.96. The van der Waals surface area contributed by atoms with Gasteiger partial charge >= 0.3 is 0 Å². The number of hydrogen-bond acceptors (Lipinski definition) is 5. The van der Waals surface area contributed by atoms with Crippen LogP contribution in [-0.4, -0.2) is 43.2 Å². The molecule has 0 radical (unpaired) electrons. The van der Waals surface area contributed by atoms with Crippen molar-refractivity contribution >= 4 is 27.5 Å². The summed E-state index contributed by atoms with van der Waals surface area (Å²) in [6.45, 7) is 12.2. The van der Waals surface area contributed by atoms with Crippen LogP contribution in [0.4, 0.5) is 0 Å². The molecule has 0 spiro atoms. The number of nitrogens with zero attached hydrogens (tertiary/aromatic N) is 5. The molecule has 0 saturated heterocycles. The Kier molecular flexibility index (Phi) is 5.06. The molecule has 0 N–H and O–H groups in total. The molecule has 4 rings (SSSR count). The van der Waals surface area contributed by atoms with E-state index in [1.807, 2.05) is 42.7 Å². The van der Waals surface area contributed by atoms with E-state index in [-0.39, 0.29) is 17.4 Å². The van der Waals surface area contributed by atoms with Crippen molar-refractivity contribution in [3.8, 4) is 0 Å². The van der Waals surface area contributed by atoms with Crippen LogP contribution in [0.5, 0.6) is 0 Å². The number of aryl methyl sites for hydroxylation is 2. The Morgan fingerprint density at radius 2 is 1.97 bits per heavy atom. The van der Waals surface area contributed by atoms with Gasteiger partial charge in [0, 0.05) is 31.7 Å². The fraction of sp³-hybridized carbons (Fsp3) is 0.524. The molecular formula is C21H27N5O2S. The molecule has 154 valence electrons. The Hall–Kier alpha value is -2.48. The number of fused-ring (bicyclic) bond motifs is 2. The molecule has 8 heteroatoms. The molecule has 1 aliphatic rings. The Morgan fingerprint density at radius 3 is 2.66 bits per heavy atom. The maximum absolute atomic E-state index is 13.1. The molecule has 0 aliphatic carbocycles. The molecule has 0 aromatic carbocycles. The minimum atomic E-state index is -0.177. The molecule has 0 bridgehead atoms. The average molecular weight is 414 g/mol. The van der Waals surface area contributed by atoms with Gasteiger partial charge in [0.15, 0.2) is 0 Å². The van der Waals surface area contributed by atoms with Crippen LogP contribution in [0.15, 0.2) is 10.2 Å². The highest BCUT2D eigenvalue weighted by atomic mass is 32.1. The smallest absolute Gasteiger partial charge is 0.262 e. The van der Waals surface area contributed by atoms with Crippen molar-refractivity contribution in [2.75, 3.05) is 13.1 Å². The molecular weight excluding hydrogens is 386 g/mol. The van der Waals surface area contributed by atoms with Gasteiger partial charge < -0.3 is 4.90 Å². The third kappa shape index (κ3) is 3.39. The summed E-state index contributed by atoms with van der Waals surface area (Å²) in [7, 11) is 0. The fourth-order valence-electron chi connectivity index (χ4n) is 4.03. The lowest BCUT2D eigenvalue weighted by atomic mass is 10.1. The third-order valence-corrected chi connectivity index (χ3v) is 7.07. The molecule has 1 aliphatic heterocycles. The number of carbonyl (C=O) groups is 1. The zero-order valence-corrected chi connectivity index (χ0v) is 18.5. The monoisotopic (exact) mass is 413 g/mol. The summed E-state index contributed by atoms with van der Waals surface area (Å²) in [6.07, 6.45) is 0.597. The van der Waals surface area contributed by atoms with Gasteiger partial charge in [-0.25, -0.2) is 4.98 Å². The summed E-state index contributed by atoms with van der Waals surface area (Å²) in [4.78, 5) is 33.4. The number of amides is 1. The Balaban J connectivity index is 1.52. The zero-order chi connectivity index (χ0) is 20.9. The molecule has 1 atom stereocenters. The van der Waals surface area contributed by atoms with Crippen molar-refractivity contribution in [2.24, 2.45) is 5.92 Å². The van der Waals surface area contributed by atoms with Crippen LogP contribution in [0, 0.1) is 33.6 Å². The van der Waals surface area contributed by atoms with Crippen LogP contribution < -0.4 is 5.56 Å². The number of thiophene rings is 1. The zero-order valence-electron chi connectivity index (χ0n) is 17.7. The van der Waals surface area contributed by atoms with Gasteiger partial charge in [0.1, 0.15) is 10.7 Å². The summed E-state index contributed by atoms with van der Waals surface area (Å²) in [6, 6.07) is 0. The lowest BCUT2D eigenvalue weighted by molar-refractivity contribution is -0.135. The SMILES string of the molecule is Cc1nn(CC(C)C(=O)N2CCc3nc4scc(C)c4c(=O)n3CC2)c(C)c1C. The van der Waals surface area contributed by atoms with Gasteiger partial charge in [0.25, 0.3) is 5.56 Å². The minimum absolute atomic E-state index is 0.0178. The quantitative estimate of drug-likeness (QED) is 0.662. The van der Waals surface area contributed by atoms with E-state index in [1.54, 1.807) is 4.57 Å². The normalized spacial score (nSPS) is 15.4. The number of rotatable bonds is 3. The molecule has 4 heterocycles. The summed E-state index contributed by atoms with van der Waals surface area (Å²) in [5.41, 5.74) is 4.29. The van der Waals surface area contributed by atoms with E-state index in [1.165, 1.54) is 16.9 Å². The maximum Gasteiger partial charge on any atom is 0.262 e. The highest BCUT2D eigenvalue weighted by molar-refractivity contribution is 7.16. The van der Waals surface area contributed by atoms with Gasteiger partial charge in [-0.2, -0.15) is 5.10 Å². The van der Waals surface area contributed by atoms with E-state index in [2.05, 4.69) is 12.0 Å². The van der Waals surface area contributed by atoms with E-state index in [0.717, 1.165) is 27.6 Å². The Morgan fingerprint density at radius 1 is 1.21 bits per heavy atom. The molecule has 3 aromatic heterocycles. The predicted octanol–water partition coefficient (Wildman–Crippen LogP) is 2.61. The van der Waals surface area contributed by atoms with Gasteiger partial charge in [-0.3, -0.25) is 18.8 Å². The molecule has 0 saturated carbocycles. The van der Waals surface area contributed by atoms with E-state index in [0.29, 0.717) is 38.0 Å². The van der Waals surface area contributed by atoms with Crippen LogP contribution in [0.3, 0.4) is 0 Å². The Bertz CT molecular complexity index is 1160. The lowest BCUT2D eigenvalue weighted by Crippen LogP contribution is -2.39. The highest BCUT2D eigenvalue weighted by Gasteiger charge is 2.26. The standard InChI is InChI=1S/C21H27N5O2S/c1-12(10-26-16(5)14(3)15(4)23-26)20(27)24-7-6-17-22-19-18(13(2)11-29-19)21(28)25(17)9-8-24/h11-12H,6-10H2,1-5H3. The van der Waals surface area contributed by atoms with Gasteiger partial charge in [-0.1, -0.05) is 6.92 Å². The molecule has 29 heavy (non-hydrogen) atoms. The minimum Gasteiger partial charge on any atom is -0.340 e. The van der Waals surface area contributed by atoms with Crippen molar-refractivity contribution in [1.82, 2.24) is 24.2 Å². The van der Waals surface area contributed by atoms with Gasteiger partial charge in [-0.05, 0) is 44.2 Å². The molecule has 1 unspecified atom stereocenters. The second-order valence-corrected chi connectivity index (χ2v) is 8.90.